The number of carbonyl (C=O) groups is 1. The number of nitrogens with zero attached hydrogens (tertiary/aromatic N) is 2. The van der Waals surface area contributed by atoms with Crippen LogP contribution < -0.4 is 10.9 Å². The first-order chi connectivity index (χ1) is 14.7. The number of benzene rings is 2. The van der Waals surface area contributed by atoms with E-state index in [2.05, 4.69) is 5.32 Å². The number of halogens is 4. The number of fused-ring (bicyclic) bond motifs is 3. The Balaban J connectivity index is 1.78. The number of urea groups is 1. The Morgan fingerprint density at radius 1 is 1.16 bits per heavy atom. The van der Waals surface area contributed by atoms with E-state index in [0.29, 0.717) is 11.3 Å². The first-order valence-corrected chi connectivity index (χ1v) is 9.64. The minimum absolute atomic E-state index is 0.00572. The van der Waals surface area contributed by atoms with Crippen molar-refractivity contribution >= 4 is 34.1 Å². The summed E-state index contributed by atoms with van der Waals surface area (Å²) in [6, 6.07) is 4.32. The van der Waals surface area contributed by atoms with Crippen molar-refractivity contribution in [3.63, 3.8) is 0 Å². The van der Waals surface area contributed by atoms with Crippen LogP contribution in [0.15, 0.2) is 35.1 Å². The lowest BCUT2D eigenvalue weighted by Crippen LogP contribution is -2.40. The van der Waals surface area contributed by atoms with Gasteiger partial charge in [0.1, 0.15) is 5.82 Å². The second-order valence-corrected chi connectivity index (χ2v) is 7.64. The summed E-state index contributed by atoms with van der Waals surface area (Å²) >= 11 is 5.76. The van der Waals surface area contributed by atoms with Gasteiger partial charge in [-0.15, -0.1) is 0 Å². The van der Waals surface area contributed by atoms with Gasteiger partial charge in [0.15, 0.2) is 11.6 Å². The lowest BCUT2D eigenvalue weighted by molar-refractivity contribution is 0.0505. The molecule has 6 nitrogen and oxygen atoms in total. The maximum absolute atomic E-state index is 14.0. The standard InChI is InChI=1S/C21H17ClF3N3O3/c1-27-17-8-31-9-18(19(17)11-6-15(24)16(25)7-12(11)20(27)29)28(2)21(30)26-10-3-4-14(23)13(22)5-10/h3-7,18H,8-9H2,1-2H3,(H,26,30). The van der Waals surface area contributed by atoms with Crippen molar-refractivity contribution in [3.8, 4) is 0 Å². The van der Waals surface area contributed by atoms with E-state index in [0.717, 1.165) is 18.2 Å². The molecule has 0 saturated heterocycles. The van der Waals surface area contributed by atoms with Crippen molar-refractivity contribution in [2.45, 2.75) is 12.6 Å². The van der Waals surface area contributed by atoms with Gasteiger partial charge in [-0.1, -0.05) is 11.6 Å². The number of pyridine rings is 1. The average Bonchev–Trinajstić information content (AvgIpc) is 2.75. The molecule has 0 saturated carbocycles. The largest absolute Gasteiger partial charge is 0.373 e. The molecular weight excluding hydrogens is 435 g/mol. The number of nitrogens with one attached hydrogen (secondary N) is 1. The molecule has 1 aromatic heterocycles. The summed E-state index contributed by atoms with van der Waals surface area (Å²) < 4.78 is 48.1. The van der Waals surface area contributed by atoms with Gasteiger partial charge < -0.3 is 19.5 Å². The van der Waals surface area contributed by atoms with Crippen molar-refractivity contribution in [1.82, 2.24) is 9.47 Å². The topological polar surface area (TPSA) is 63.6 Å². The maximum atomic E-state index is 14.0. The Bertz CT molecular complexity index is 1280. The number of ether oxygens (including phenoxy) is 1. The van der Waals surface area contributed by atoms with Gasteiger partial charge in [0.2, 0.25) is 0 Å². The maximum Gasteiger partial charge on any atom is 0.322 e. The zero-order valence-corrected chi connectivity index (χ0v) is 17.3. The van der Waals surface area contributed by atoms with Crippen LogP contribution in [0.25, 0.3) is 10.8 Å². The fourth-order valence-electron chi connectivity index (χ4n) is 3.72. The zero-order valence-electron chi connectivity index (χ0n) is 16.5. The number of carbonyl (C=O) groups excluding carboxylic acids is 1. The van der Waals surface area contributed by atoms with Gasteiger partial charge in [-0.25, -0.2) is 18.0 Å². The van der Waals surface area contributed by atoms with Crippen LogP contribution in [-0.2, 0) is 18.4 Å². The number of anilines is 1. The average molecular weight is 452 g/mol. The fourth-order valence-corrected chi connectivity index (χ4v) is 3.90. The highest BCUT2D eigenvalue weighted by atomic mass is 35.5. The SMILES string of the molecule is CN(C(=O)Nc1ccc(F)c(Cl)c1)C1COCc2c1c1cc(F)c(F)cc1c(=O)n2C. The quantitative estimate of drug-likeness (QED) is 0.630. The summed E-state index contributed by atoms with van der Waals surface area (Å²) in [6.07, 6.45) is 0. The summed E-state index contributed by atoms with van der Waals surface area (Å²) in [5, 5.41) is 2.69. The minimum atomic E-state index is -1.13. The molecule has 1 unspecified atom stereocenters. The van der Waals surface area contributed by atoms with E-state index in [1.54, 1.807) is 0 Å². The third-order valence-electron chi connectivity index (χ3n) is 5.41. The van der Waals surface area contributed by atoms with Crippen molar-refractivity contribution in [2.24, 2.45) is 7.05 Å². The predicted octanol–water partition coefficient (Wildman–Crippen LogP) is 4.34. The highest BCUT2D eigenvalue weighted by molar-refractivity contribution is 6.31. The molecule has 0 bridgehead atoms. The molecule has 4 rings (SSSR count). The number of hydrogen-bond acceptors (Lipinski definition) is 3. The van der Waals surface area contributed by atoms with Gasteiger partial charge in [-0.3, -0.25) is 4.79 Å². The molecule has 2 amide bonds. The molecule has 2 heterocycles. The van der Waals surface area contributed by atoms with Crippen molar-refractivity contribution in [2.75, 3.05) is 19.0 Å². The lowest BCUT2D eigenvalue weighted by Gasteiger charge is -2.34. The molecule has 31 heavy (non-hydrogen) atoms. The fraction of sp³-hybridized carbons (Fsp3) is 0.238. The Hall–Kier alpha value is -3.04. The molecule has 1 N–H and O–H groups in total. The molecule has 0 spiro atoms. The zero-order chi connectivity index (χ0) is 22.4. The monoisotopic (exact) mass is 451 g/mol. The number of hydrogen-bond donors (Lipinski definition) is 1. The molecule has 1 aliphatic rings. The lowest BCUT2D eigenvalue weighted by atomic mass is 9.95. The molecule has 162 valence electrons. The first-order valence-electron chi connectivity index (χ1n) is 9.26. The van der Waals surface area contributed by atoms with E-state index in [4.69, 9.17) is 16.3 Å². The highest BCUT2D eigenvalue weighted by Crippen LogP contribution is 2.34. The van der Waals surface area contributed by atoms with Crippen LogP contribution in [0, 0.1) is 17.5 Å². The number of aromatic nitrogens is 1. The Morgan fingerprint density at radius 2 is 1.84 bits per heavy atom. The number of likely N-dealkylation sites (N-methyl/N-ethyl adjacent to an activating group) is 1. The summed E-state index contributed by atoms with van der Waals surface area (Å²) in [5.74, 6) is -2.85. The summed E-state index contributed by atoms with van der Waals surface area (Å²) in [6.45, 7) is 0.156. The third kappa shape index (κ3) is 3.64. The van der Waals surface area contributed by atoms with Crippen molar-refractivity contribution in [1.29, 1.82) is 0 Å². The molecule has 3 aromatic rings. The number of rotatable bonds is 2. The Kier molecular flexibility index (Phi) is 5.40. The minimum Gasteiger partial charge on any atom is -0.373 e. The van der Waals surface area contributed by atoms with E-state index in [1.165, 1.54) is 35.7 Å². The summed E-state index contributed by atoms with van der Waals surface area (Å²) in [7, 11) is 3.01. The van der Waals surface area contributed by atoms with Crippen LogP contribution in [0.2, 0.25) is 5.02 Å². The highest BCUT2D eigenvalue weighted by Gasteiger charge is 2.32. The second kappa shape index (κ2) is 7.90. The van der Waals surface area contributed by atoms with Gasteiger partial charge >= 0.3 is 6.03 Å². The Labute approximate surface area is 179 Å². The van der Waals surface area contributed by atoms with Crippen molar-refractivity contribution in [3.05, 3.63) is 74.4 Å². The van der Waals surface area contributed by atoms with E-state index in [1.807, 2.05) is 0 Å². The Morgan fingerprint density at radius 3 is 2.52 bits per heavy atom. The molecule has 2 aromatic carbocycles. The van der Waals surface area contributed by atoms with Gasteiger partial charge in [-0.05, 0) is 35.7 Å². The first kappa shape index (κ1) is 21.2. The summed E-state index contributed by atoms with van der Waals surface area (Å²) in [4.78, 5) is 26.8. The summed E-state index contributed by atoms with van der Waals surface area (Å²) in [5.41, 5.74) is 0.741. The van der Waals surface area contributed by atoms with Crippen LogP contribution in [-0.4, -0.2) is 29.2 Å². The molecule has 0 fully saturated rings. The molecule has 1 aliphatic heterocycles. The van der Waals surface area contributed by atoms with E-state index < -0.39 is 35.1 Å². The second-order valence-electron chi connectivity index (χ2n) is 7.24. The van der Waals surface area contributed by atoms with Crippen LogP contribution >= 0.6 is 11.6 Å². The van der Waals surface area contributed by atoms with Gasteiger partial charge in [0.05, 0.1) is 35.4 Å². The molecular formula is C21H17ClF3N3O3. The normalized spacial score (nSPS) is 15.6. The van der Waals surface area contributed by atoms with Gasteiger partial charge in [-0.2, -0.15) is 0 Å². The number of amides is 2. The smallest absolute Gasteiger partial charge is 0.322 e. The van der Waals surface area contributed by atoms with Crippen LogP contribution in [0.3, 0.4) is 0 Å². The van der Waals surface area contributed by atoms with E-state index in [9.17, 15) is 22.8 Å². The van der Waals surface area contributed by atoms with E-state index in [-0.39, 0.29) is 34.7 Å². The molecule has 0 radical (unpaired) electrons. The van der Waals surface area contributed by atoms with E-state index >= 15 is 0 Å². The van der Waals surface area contributed by atoms with Crippen LogP contribution in [0.1, 0.15) is 17.3 Å². The molecule has 10 heteroatoms. The predicted molar refractivity (Wildman–Crippen MR) is 110 cm³/mol. The van der Waals surface area contributed by atoms with Gasteiger partial charge in [0, 0.05) is 25.3 Å². The van der Waals surface area contributed by atoms with Gasteiger partial charge in [0.25, 0.3) is 5.56 Å². The van der Waals surface area contributed by atoms with Crippen LogP contribution in [0.4, 0.5) is 23.7 Å². The molecule has 1 atom stereocenters. The third-order valence-corrected chi connectivity index (χ3v) is 5.70. The molecule has 0 aliphatic carbocycles. The van der Waals surface area contributed by atoms with Crippen LogP contribution in [0.5, 0.6) is 0 Å². The van der Waals surface area contributed by atoms with Crippen molar-refractivity contribution < 1.29 is 22.7 Å².